The molecule has 0 saturated carbocycles. The molecule has 0 heterocycles. The first kappa shape index (κ1) is 18.7. The average Bonchev–Trinajstić information content (AvgIpc) is 2.61. The third-order valence-corrected chi connectivity index (χ3v) is 4.14. The van der Waals surface area contributed by atoms with Gasteiger partial charge in [0.15, 0.2) is 5.78 Å². The zero-order chi connectivity index (χ0) is 18.2. The minimum atomic E-state index is -0.374. The van der Waals surface area contributed by atoms with Gasteiger partial charge in [-0.3, -0.25) is 9.59 Å². The highest BCUT2D eigenvalue weighted by molar-refractivity contribution is 5.95. The number of carbonyl (C=O) groups is 2. The summed E-state index contributed by atoms with van der Waals surface area (Å²) >= 11 is 0. The van der Waals surface area contributed by atoms with Gasteiger partial charge in [0.05, 0.1) is 0 Å². The number of amides is 1. The van der Waals surface area contributed by atoms with E-state index in [0.717, 1.165) is 18.5 Å². The molecule has 0 fully saturated rings. The summed E-state index contributed by atoms with van der Waals surface area (Å²) in [6.07, 6.45) is 1.83. The Balaban J connectivity index is 1.83. The number of ketones is 1. The van der Waals surface area contributed by atoms with Crippen LogP contribution < -0.4 is 10.6 Å². The Morgan fingerprint density at radius 2 is 1.72 bits per heavy atom. The Morgan fingerprint density at radius 3 is 2.40 bits per heavy atom. The molecule has 4 nitrogen and oxygen atoms in total. The zero-order valence-corrected chi connectivity index (χ0v) is 15.1. The van der Waals surface area contributed by atoms with Crippen LogP contribution in [0.1, 0.15) is 43.1 Å². The van der Waals surface area contributed by atoms with Crippen molar-refractivity contribution in [3.63, 3.8) is 0 Å². The number of nitrogens with one attached hydrogen (secondary N) is 2. The molecule has 0 spiro atoms. The van der Waals surface area contributed by atoms with Crippen molar-refractivity contribution in [2.75, 3.05) is 5.32 Å². The van der Waals surface area contributed by atoms with Crippen molar-refractivity contribution in [3.05, 3.63) is 65.7 Å². The van der Waals surface area contributed by atoms with E-state index < -0.39 is 0 Å². The van der Waals surface area contributed by atoms with Crippen molar-refractivity contribution in [1.29, 1.82) is 0 Å². The van der Waals surface area contributed by atoms with E-state index in [0.29, 0.717) is 5.56 Å². The third kappa shape index (κ3) is 6.07. The van der Waals surface area contributed by atoms with Gasteiger partial charge >= 0.3 is 0 Å². The maximum Gasteiger partial charge on any atom is 0.242 e. The zero-order valence-electron chi connectivity index (χ0n) is 15.1. The molecule has 0 bridgehead atoms. The molecule has 2 atom stereocenters. The summed E-state index contributed by atoms with van der Waals surface area (Å²) in [5, 5.41) is 6.19. The summed E-state index contributed by atoms with van der Waals surface area (Å²) < 4.78 is 0. The predicted octanol–water partition coefficient (Wildman–Crippen LogP) is 3.83. The van der Waals surface area contributed by atoms with Crippen molar-refractivity contribution < 1.29 is 9.59 Å². The van der Waals surface area contributed by atoms with Gasteiger partial charge in [-0.15, -0.1) is 0 Å². The van der Waals surface area contributed by atoms with Crippen LogP contribution in [-0.2, 0) is 11.2 Å². The van der Waals surface area contributed by atoms with Gasteiger partial charge in [-0.2, -0.15) is 0 Å². The van der Waals surface area contributed by atoms with E-state index in [1.165, 1.54) is 12.5 Å². The van der Waals surface area contributed by atoms with Crippen LogP contribution in [0.4, 0.5) is 5.69 Å². The number of Topliss-reactive ketones (excluding diaryl/α,β-unsaturated/α-hetero) is 1. The molecule has 2 aromatic rings. The van der Waals surface area contributed by atoms with Gasteiger partial charge in [-0.25, -0.2) is 0 Å². The van der Waals surface area contributed by atoms with Crippen molar-refractivity contribution >= 4 is 17.4 Å². The van der Waals surface area contributed by atoms with E-state index in [1.807, 2.05) is 44.2 Å². The topological polar surface area (TPSA) is 58.2 Å². The monoisotopic (exact) mass is 338 g/mol. The SMILES string of the molecule is CC(=O)c1cccc(NC(C)C(=O)NC(C)CCc2ccccc2)c1. The molecule has 0 aromatic heterocycles. The lowest BCUT2D eigenvalue weighted by atomic mass is 10.1. The fourth-order valence-corrected chi connectivity index (χ4v) is 2.61. The van der Waals surface area contributed by atoms with E-state index in [2.05, 4.69) is 22.8 Å². The highest BCUT2D eigenvalue weighted by atomic mass is 16.2. The molecule has 2 rings (SSSR count). The molecular weight excluding hydrogens is 312 g/mol. The van der Waals surface area contributed by atoms with Crippen LogP contribution in [0.5, 0.6) is 0 Å². The number of hydrogen-bond acceptors (Lipinski definition) is 3. The van der Waals surface area contributed by atoms with E-state index in [-0.39, 0.29) is 23.8 Å². The first-order valence-electron chi connectivity index (χ1n) is 8.67. The Kier molecular flexibility index (Phi) is 6.75. The minimum Gasteiger partial charge on any atom is -0.374 e. The van der Waals surface area contributed by atoms with Gasteiger partial charge < -0.3 is 10.6 Å². The number of rotatable bonds is 8. The fraction of sp³-hybridized carbons (Fsp3) is 0.333. The van der Waals surface area contributed by atoms with Crippen LogP contribution in [0.15, 0.2) is 54.6 Å². The molecule has 0 aliphatic rings. The van der Waals surface area contributed by atoms with Crippen LogP contribution in [0.3, 0.4) is 0 Å². The van der Waals surface area contributed by atoms with E-state index in [1.54, 1.807) is 12.1 Å². The summed E-state index contributed by atoms with van der Waals surface area (Å²) in [6, 6.07) is 17.2. The van der Waals surface area contributed by atoms with Crippen molar-refractivity contribution in [2.45, 2.75) is 45.7 Å². The highest BCUT2D eigenvalue weighted by Gasteiger charge is 2.15. The van der Waals surface area contributed by atoms with Crippen LogP contribution in [0, 0.1) is 0 Å². The second-order valence-electron chi connectivity index (χ2n) is 6.44. The summed E-state index contributed by atoms with van der Waals surface area (Å²) in [7, 11) is 0. The van der Waals surface area contributed by atoms with Crippen molar-refractivity contribution in [2.24, 2.45) is 0 Å². The van der Waals surface area contributed by atoms with Crippen molar-refractivity contribution in [3.8, 4) is 0 Å². The molecule has 0 saturated heterocycles. The number of anilines is 1. The van der Waals surface area contributed by atoms with Gasteiger partial charge in [-0.05, 0) is 51.3 Å². The lowest BCUT2D eigenvalue weighted by Crippen LogP contribution is -2.42. The van der Waals surface area contributed by atoms with Crippen LogP contribution in [-0.4, -0.2) is 23.8 Å². The first-order valence-corrected chi connectivity index (χ1v) is 8.67. The number of hydrogen-bond donors (Lipinski definition) is 2. The second kappa shape index (κ2) is 9.02. The van der Waals surface area contributed by atoms with Gasteiger partial charge in [-0.1, -0.05) is 42.5 Å². The van der Waals surface area contributed by atoms with Gasteiger partial charge in [0.2, 0.25) is 5.91 Å². The molecule has 0 radical (unpaired) electrons. The predicted molar refractivity (Wildman–Crippen MR) is 102 cm³/mol. The fourth-order valence-electron chi connectivity index (χ4n) is 2.61. The van der Waals surface area contributed by atoms with Gasteiger partial charge in [0.1, 0.15) is 6.04 Å². The normalized spacial score (nSPS) is 12.9. The Labute approximate surface area is 149 Å². The standard InChI is InChI=1S/C21H26N2O2/c1-15(12-13-18-8-5-4-6-9-18)22-21(25)16(2)23-20-11-7-10-19(14-20)17(3)24/h4-11,14-16,23H,12-13H2,1-3H3,(H,22,25). The first-order chi connectivity index (χ1) is 12.0. The molecule has 2 N–H and O–H groups in total. The third-order valence-electron chi connectivity index (χ3n) is 4.14. The molecule has 2 unspecified atom stereocenters. The molecule has 0 aliphatic heterocycles. The lowest BCUT2D eigenvalue weighted by molar-refractivity contribution is -0.122. The average molecular weight is 338 g/mol. The van der Waals surface area contributed by atoms with E-state index in [9.17, 15) is 9.59 Å². The molecule has 25 heavy (non-hydrogen) atoms. The van der Waals surface area contributed by atoms with Crippen LogP contribution >= 0.6 is 0 Å². The van der Waals surface area contributed by atoms with E-state index in [4.69, 9.17) is 0 Å². The van der Waals surface area contributed by atoms with Gasteiger partial charge in [0.25, 0.3) is 0 Å². The molecule has 132 valence electrons. The Hall–Kier alpha value is -2.62. The maximum atomic E-state index is 12.3. The molecule has 1 amide bonds. The molecule has 4 heteroatoms. The van der Waals surface area contributed by atoms with E-state index >= 15 is 0 Å². The second-order valence-corrected chi connectivity index (χ2v) is 6.44. The van der Waals surface area contributed by atoms with Crippen LogP contribution in [0.25, 0.3) is 0 Å². The van der Waals surface area contributed by atoms with Gasteiger partial charge in [0, 0.05) is 17.3 Å². The molecule has 0 aliphatic carbocycles. The summed E-state index contributed by atoms with van der Waals surface area (Å²) in [5.74, 6) is -0.0379. The Morgan fingerprint density at radius 1 is 1.00 bits per heavy atom. The maximum absolute atomic E-state index is 12.3. The quantitative estimate of drug-likeness (QED) is 0.719. The molecule has 2 aromatic carbocycles. The summed E-state index contributed by atoms with van der Waals surface area (Å²) in [4.78, 5) is 23.8. The highest BCUT2D eigenvalue weighted by Crippen LogP contribution is 2.12. The largest absolute Gasteiger partial charge is 0.374 e. The number of carbonyl (C=O) groups excluding carboxylic acids is 2. The minimum absolute atomic E-state index is 0.00953. The number of aryl methyl sites for hydroxylation is 1. The lowest BCUT2D eigenvalue weighted by Gasteiger charge is -2.19. The summed E-state index contributed by atoms with van der Waals surface area (Å²) in [6.45, 7) is 5.37. The van der Waals surface area contributed by atoms with Crippen molar-refractivity contribution in [1.82, 2.24) is 5.32 Å². The summed E-state index contributed by atoms with van der Waals surface area (Å²) in [5.41, 5.74) is 2.68. The Bertz CT molecular complexity index is 713. The smallest absolute Gasteiger partial charge is 0.242 e. The van der Waals surface area contributed by atoms with Crippen LogP contribution in [0.2, 0.25) is 0 Å². The molecular formula is C21H26N2O2. The number of benzene rings is 2.